The summed E-state index contributed by atoms with van der Waals surface area (Å²) in [5.74, 6) is 0.394. The lowest BCUT2D eigenvalue weighted by Crippen LogP contribution is -2.15. The summed E-state index contributed by atoms with van der Waals surface area (Å²) in [6, 6.07) is 15.1. The van der Waals surface area contributed by atoms with E-state index in [2.05, 4.69) is 15.9 Å². The van der Waals surface area contributed by atoms with Crippen molar-refractivity contribution in [1.29, 1.82) is 0 Å². The van der Waals surface area contributed by atoms with Crippen LogP contribution < -0.4 is 0 Å². The number of halogens is 2. The van der Waals surface area contributed by atoms with Gasteiger partial charge in [0.2, 0.25) is 0 Å². The lowest BCUT2D eigenvalue weighted by Gasteiger charge is -2.23. The molecule has 110 valence electrons. The molecular weight excluding hydrogens is 372 g/mol. The minimum atomic E-state index is -3.20. The quantitative estimate of drug-likeness (QED) is 0.736. The molecule has 2 nitrogen and oxygen atoms in total. The van der Waals surface area contributed by atoms with Gasteiger partial charge >= 0.3 is 0 Å². The summed E-state index contributed by atoms with van der Waals surface area (Å²) >= 11 is 9.74. The van der Waals surface area contributed by atoms with Crippen LogP contribution >= 0.6 is 27.5 Å². The Morgan fingerprint density at radius 3 is 2.52 bits per heavy atom. The fourth-order valence-electron chi connectivity index (χ4n) is 3.00. The second kappa shape index (κ2) is 5.75. The third kappa shape index (κ3) is 2.65. The maximum Gasteiger partial charge on any atom is 0.179 e. The van der Waals surface area contributed by atoms with E-state index in [0.29, 0.717) is 10.8 Å². The van der Waals surface area contributed by atoms with E-state index in [9.17, 15) is 8.42 Å². The van der Waals surface area contributed by atoms with Gasteiger partial charge in [-0.2, -0.15) is 0 Å². The zero-order valence-electron chi connectivity index (χ0n) is 11.2. The molecule has 1 aliphatic heterocycles. The molecular formula is C16H14BrClO2S. The van der Waals surface area contributed by atoms with E-state index in [1.54, 1.807) is 12.1 Å². The predicted molar refractivity (Wildman–Crippen MR) is 88.8 cm³/mol. The number of alkyl halides is 1. The van der Waals surface area contributed by atoms with Crippen molar-refractivity contribution in [3.05, 3.63) is 64.1 Å². The Morgan fingerprint density at radius 1 is 1.14 bits per heavy atom. The molecule has 0 fully saturated rings. The Hall–Kier alpha value is -0.840. The molecule has 21 heavy (non-hydrogen) atoms. The first kappa shape index (κ1) is 15.1. The molecule has 0 radical (unpaired) electrons. The van der Waals surface area contributed by atoms with Crippen molar-refractivity contribution >= 4 is 37.4 Å². The van der Waals surface area contributed by atoms with Crippen LogP contribution in [-0.4, -0.2) is 20.1 Å². The number of fused-ring (bicyclic) bond motifs is 1. The molecule has 5 heteroatoms. The van der Waals surface area contributed by atoms with Crippen molar-refractivity contribution in [3.63, 3.8) is 0 Å². The van der Waals surface area contributed by atoms with Gasteiger partial charge in [-0.05, 0) is 23.3 Å². The molecule has 0 saturated heterocycles. The number of benzene rings is 2. The largest absolute Gasteiger partial charge is 0.224 e. The van der Waals surface area contributed by atoms with Crippen LogP contribution in [0, 0.1) is 0 Å². The molecule has 0 spiro atoms. The van der Waals surface area contributed by atoms with E-state index in [0.717, 1.165) is 15.6 Å². The molecule has 1 aliphatic rings. The van der Waals surface area contributed by atoms with Gasteiger partial charge in [-0.1, -0.05) is 52.3 Å². The molecule has 2 aromatic carbocycles. The fourth-order valence-corrected chi connectivity index (χ4v) is 5.89. The summed E-state index contributed by atoms with van der Waals surface area (Å²) in [6.45, 7) is 0. The third-order valence-electron chi connectivity index (χ3n) is 4.01. The predicted octanol–water partition coefficient (Wildman–Crippen LogP) is 4.34. The van der Waals surface area contributed by atoms with Crippen LogP contribution in [-0.2, 0) is 9.84 Å². The van der Waals surface area contributed by atoms with Gasteiger partial charge in [-0.3, -0.25) is 0 Å². The summed E-state index contributed by atoms with van der Waals surface area (Å²) in [4.78, 5) is 0.456. The summed E-state index contributed by atoms with van der Waals surface area (Å²) in [5, 5.41) is 0. The van der Waals surface area contributed by atoms with Gasteiger partial charge in [-0.15, -0.1) is 11.6 Å². The Kier molecular flexibility index (Phi) is 4.12. The molecule has 2 unspecified atom stereocenters. The average molecular weight is 386 g/mol. The van der Waals surface area contributed by atoms with Crippen LogP contribution in [0.1, 0.15) is 23.0 Å². The lowest BCUT2D eigenvalue weighted by molar-refractivity contribution is 0.588. The molecule has 0 N–H and O–H groups in total. The highest BCUT2D eigenvalue weighted by atomic mass is 79.9. The van der Waals surface area contributed by atoms with Crippen LogP contribution in [0.25, 0.3) is 0 Å². The standard InChI is InChI=1S/C16H14BrClO2S/c17-15-7-3-1-5-11(15)13(9-18)14-10-21(19,20)16-8-4-2-6-12(14)16/h1-8,13-14H,9-10H2. The number of rotatable bonds is 3. The first-order valence-corrected chi connectivity index (χ1v) is 9.64. The van der Waals surface area contributed by atoms with E-state index < -0.39 is 9.84 Å². The molecule has 2 aromatic rings. The van der Waals surface area contributed by atoms with Crippen molar-refractivity contribution in [1.82, 2.24) is 0 Å². The molecule has 3 rings (SSSR count). The van der Waals surface area contributed by atoms with Crippen LogP contribution in [0.3, 0.4) is 0 Å². The van der Waals surface area contributed by atoms with Crippen molar-refractivity contribution in [2.75, 3.05) is 11.6 Å². The highest BCUT2D eigenvalue weighted by Crippen LogP contribution is 2.45. The van der Waals surface area contributed by atoms with E-state index in [1.807, 2.05) is 36.4 Å². The van der Waals surface area contributed by atoms with Crippen LogP contribution in [0.4, 0.5) is 0 Å². The third-order valence-corrected chi connectivity index (χ3v) is 6.90. The number of sulfone groups is 1. The van der Waals surface area contributed by atoms with Gasteiger partial charge in [0, 0.05) is 22.2 Å². The molecule has 0 aromatic heterocycles. The van der Waals surface area contributed by atoms with E-state index in [4.69, 9.17) is 11.6 Å². The highest BCUT2D eigenvalue weighted by Gasteiger charge is 2.39. The second-order valence-corrected chi connectivity index (χ2v) is 8.37. The Balaban J connectivity index is 2.10. The first-order chi connectivity index (χ1) is 10.0. The van der Waals surface area contributed by atoms with Gasteiger partial charge < -0.3 is 0 Å². The summed E-state index contributed by atoms with van der Waals surface area (Å²) in [6.07, 6.45) is 0. The first-order valence-electron chi connectivity index (χ1n) is 6.66. The lowest BCUT2D eigenvalue weighted by atomic mass is 9.84. The Labute approximate surface area is 138 Å². The normalized spacial score (nSPS) is 21.0. The smallest absolute Gasteiger partial charge is 0.179 e. The molecule has 2 atom stereocenters. The SMILES string of the molecule is O=S1(=O)CC(C(CCl)c2ccccc2Br)c2ccccc21. The van der Waals surface area contributed by atoms with Crippen LogP contribution in [0.2, 0.25) is 0 Å². The minimum absolute atomic E-state index is 0.0272. The maximum atomic E-state index is 12.3. The zero-order valence-corrected chi connectivity index (χ0v) is 14.3. The fraction of sp³-hybridized carbons (Fsp3) is 0.250. The molecule has 0 bridgehead atoms. The van der Waals surface area contributed by atoms with Gasteiger partial charge in [-0.25, -0.2) is 8.42 Å². The summed E-state index contributed by atoms with van der Waals surface area (Å²) in [5.41, 5.74) is 1.95. The van der Waals surface area contributed by atoms with Gasteiger partial charge in [0.15, 0.2) is 9.84 Å². The highest BCUT2D eigenvalue weighted by molar-refractivity contribution is 9.10. The molecule has 0 saturated carbocycles. The van der Waals surface area contributed by atoms with Gasteiger partial charge in [0.25, 0.3) is 0 Å². The average Bonchev–Trinajstić information content (AvgIpc) is 2.74. The maximum absolute atomic E-state index is 12.3. The monoisotopic (exact) mass is 384 g/mol. The van der Waals surface area contributed by atoms with Crippen molar-refractivity contribution in [3.8, 4) is 0 Å². The number of hydrogen-bond donors (Lipinski definition) is 0. The van der Waals surface area contributed by atoms with Crippen LogP contribution in [0.15, 0.2) is 57.9 Å². The Bertz CT molecular complexity index is 773. The molecule has 0 amide bonds. The minimum Gasteiger partial charge on any atom is -0.224 e. The topological polar surface area (TPSA) is 34.1 Å². The Morgan fingerprint density at radius 2 is 1.81 bits per heavy atom. The van der Waals surface area contributed by atoms with E-state index in [1.165, 1.54) is 0 Å². The van der Waals surface area contributed by atoms with E-state index >= 15 is 0 Å². The van der Waals surface area contributed by atoms with Crippen molar-refractivity contribution < 1.29 is 8.42 Å². The van der Waals surface area contributed by atoms with Crippen LogP contribution in [0.5, 0.6) is 0 Å². The summed E-state index contributed by atoms with van der Waals surface area (Å²) < 4.78 is 25.7. The van der Waals surface area contributed by atoms with Crippen molar-refractivity contribution in [2.24, 2.45) is 0 Å². The number of hydrogen-bond acceptors (Lipinski definition) is 2. The van der Waals surface area contributed by atoms with E-state index in [-0.39, 0.29) is 17.6 Å². The zero-order chi connectivity index (χ0) is 15.0. The van der Waals surface area contributed by atoms with Gasteiger partial charge in [0.1, 0.15) is 0 Å². The molecule has 0 aliphatic carbocycles. The second-order valence-electron chi connectivity index (χ2n) is 5.21. The summed E-state index contributed by atoms with van der Waals surface area (Å²) in [7, 11) is -3.20. The molecule has 1 heterocycles. The van der Waals surface area contributed by atoms with Gasteiger partial charge in [0.05, 0.1) is 10.6 Å². The van der Waals surface area contributed by atoms with Crippen molar-refractivity contribution in [2.45, 2.75) is 16.7 Å².